The summed E-state index contributed by atoms with van der Waals surface area (Å²) in [5.41, 5.74) is 3.76. The normalized spacial score (nSPS) is 12.8. The highest BCUT2D eigenvalue weighted by Gasteiger charge is 2.16. The summed E-state index contributed by atoms with van der Waals surface area (Å²) in [6, 6.07) is 4.53. The molecule has 20 heavy (non-hydrogen) atoms. The number of likely N-dealkylation sites (N-methyl/N-ethyl adjacent to an activating group) is 1. The van der Waals surface area contributed by atoms with Crippen molar-refractivity contribution in [2.24, 2.45) is 7.05 Å². The van der Waals surface area contributed by atoms with Crippen molar-refractivity contribution in [2.75, 3.05) is 6.54 Å². The largest absolute Gasteiger partial charge is 0.314 e. The van der Waals surface area contributed by atoms with Crippen molar-refractivity contribution >= 4 is 22.9 Å². The molecule has 5 heteroatoms. The summed E-state index contributed by atoms with van der Waals surface area (Å²) in [5, 5.41) is 8.08. The third kappa shape index (κ3) is 3.62. The fourth-order valence-electron chi connectivity index (χ4n) is 2.57. The van der Waals surface area contributed by atoms with E-state index in [-0.39, 0.29) is 0 Å². The Balaban J connectivity index is 2.12. The van der Waals surface area contributed by atoms with Crippen LogP contribution in [0.2, 0.25) is 4.34 Å². The standard InChI is InChI=1S/C15H22ClN3S/c1-5-17-12(8-13-6-7-15(16)20-13)9-14-10(2)18-19(4)11(14)3/h6-7,12,17H,5,8-9H2,1-4H3. The van der Waals surface area contributed by atoms with Crippen LogP contribution in [0.5, 0.6) is 0 Å². The van der Waals surface area contributed by atoms with Crippen molar-refractivity contribution in [1.82, 2.24) is 15.1 Å². The summed E-state index contributed by atoms with van der Waals surface area (Å²) in [7, 11) is 2.01. The summed E-state index contributed by atoms with van der Waals surface area (Å²) < 4.78 is 2.83. The Morgan fingerprint density at radius 2 is 2.10 bits per heavy atom. The Labute approximate surface area is 130 Å². The molecule has 0 aliphatic carbocycles. The molecule has 2 aromatic heterocycles. The number of halogens is 1. The second-order valence-corrected chi connectivity index (χ2v) is 6.94. The Hall–Kier alpha value is -0.840. The van der Waals surface area contributed by atoms with Gasteiger partial charge in [0.25, 0.3) is 0 Å². The van der Waals surface area contributed by atoms with Gasteiger partial charge in [0.15, 0.2) is 0 Å². The van der Waals surface area contributed by atoms with E-state index >= 15 is 0 Å². The first-order valence-corrected chi connectivity index (χ1v) is 8.17. The molecule has 0 aliphatic heterocycles. The van der Waals surface area contributed by atoms with Crippen LogP contribution in [-0.4, -0.2) is 22.4 Å². The second kappa shape index (κ2) is 6.74. The molecule has 3 nitrogen and oxygen atoms in total. The van der Waals surface area contributed by atoms with Gasteiger partial charge in [-0.15, -0.1) is 11.3 Å². The van der Waals surface area contributed by atoms with Gasteiger partial charge < -0.3 is 5.32 Å². The molecule has 0 bridgehead atoms. The Morgan fingerprint density at radius 1 is 1.35 bits per heavy atom. The van der Waals surface area contributed by atoms with Gasteiger partial charge in [-0.2, -0.15) is 5.10 Å². The summed E-state index contributed by atoms with van der Waals surface area (Å²) in [6.45, 7) is 7.35. The lowest BCUT2D eigenvalue weighted by Crippen LogP contribution is -2.33. The molecule has 0 saturated carbocycles. The van der Waals surface area contributed by atoms with E-state index < -0.39 is 0 Å². The van der Waals surface area contributed by atoms with Gasteiger partial charge in [-0.05, 0) is 50.9 Å². The van der Waals surface area contributed by atoms with E-state index in [4.69, 9.17) is 11.6 Å². The number of thiophene rings is 1. The fraction of sp³-hybridized carbons (Fsp3) is 0.533. The Bertz CT molecular complexity index is 574. The van der Waals surface area contributed by atoms with Crippen LogP contribution in [-0.2, 0) is 19.9 Å². The zero-order chi connectivity index (χ0) is 14.7. The summed E-state index contributed by atoms with van der Waals surface area (Å²) in [6.07, 6.45) is 2.02. The lowest BCUT2D eigenvalue weighted by atomic mass is 10.0. The molecule has 1 unspecified atom stereocenters. The van der Waals surface area contributed by atoms with Crippen molar-refractivity contribution < 1.29 is 0 Å². The van der Waals surface area contributed by atoms with Gasteiger partial charge in [0.2, 0.25) is 0 Å². The molecule has 1 N–H and O–H groups in total. The van der Waals surface area contributed by atoms with E-state index in [0.29, 0.717) is 6.04 Å². The minimum atomic E-state index is 0.427. The van der Waals surface area contributed by atoms with Crippen LogP contribution < -0.4 is 5.32 Å². The van der Waals surface area contributed by atoms with Crippen LogP contribution in [0.3, 0.4) is 0 Å². The molecular formula is C15H22ClN3S. The topological polar surface area (TPSA) is 29.9 Å². The number of hydrogen-bond acceptors (Lipinski definition) is 3. The van der Waals surface area contributed by atoms with Crippen LogP contribution in [0.4, 0.5) is 0 Å². The minimum absolute atomic E-state index is 0.427. The molecule has 0 aromatic carbocycles. The predicted molar refractivity (Wildman–Crippen MR) is 86.9 cm³/mol. The molecule has 0 saturated heterocycles. The number of aromatic nitrogens is 2. The number of nitrogens with one attached hydrogen (secondary N) is 1. The monoisotopic (exact) mass is 311 g/mol. The molecule has 0 radical (unpaired) electrons. The number of nitrogens with zero attached hydrogens (tertiary/aromatic N) is 2. The summed E-state index contributed by atoms with van der Waals surface area (Å²) in [4.78, 5) is 1.33. The smallest absolute Gasteiger partial charge is 0.0931 e. The van der Waals surface area contributed by atoms with E-state index in [1.54, 1.807) is 11.3 Å². The number of rotatable bonds is 6. The molecule has 0 spiro atoms. The SMILES string of the molecule is CCNC(Cc1ccc(Cl)s1)Cc1c(C)nn(C)c1C. The van der Waals surface area contributed by atoms with Crippen molar-refractivity contribution in [2.45, 2.75) is 39.7 Å². The molecule has 2 aromatic rings. The molecule has 2 heterocycles. The molecular weight excluding hydrogens is 290 g/mol. The highest BCUT2D eigenvalue weighted by atomic mass is 35.5. The van der Waals surface area contributed by atoms with E-state index in [1.807, 2.05) is 17.8 Å². The van der Waals surface area contributed by atoms with Crippen molar-refractivity contribution in [1.29, 1.82) is 0 Å². The van der Waals surface area contributed by atoms with Crippen molar-refractivity contribution in [3.63, 3.8) is 0 Å². The summed E-state index contributed by atoms with van der Waals surface area (Å²) >= 11 is 7.69. The van der Waals surface area contributed by atoms with E-state index in [0.717, 1.165) is 29.4 Å². The molecule has 0 amide bonds. The Morgan fingerprint density at radius 3 is 2.60 bits per heavy atom. The quantitative estimate of drug-likeness (QED) is 0.884. The Kier molecular flexibility index (Phi) is 5.24. The van der Waals surface area contributed by atoms with Gasteiger partial charge in [-0.1, -0.05) is 18.5 Å². The van der Waals surface area contributed by atoms with Gasteiger partial charge >= 0.3 is 0 Å². The average molecular weight is 312 g/mol. The van der Waals surface area contributed by atoms with Crippen molar-refractivity contribution in [3.8, 4) is 0 Å². The molecule has 0 aliphatic rings. The lowest BCUT2D eigenvalue weighted by molar-refractivity contribution is 0.522. The van der Waals surface area contributed by atoms with Crippen LogP contribution in [0.25, 0.3) is 0 Å². The lowest BCUT2D eigenvalue weighted by Gasteiger charge is -2.17. The zero-order valence-corrected chi connectivity index (χ0v) is 14.1. The van der Waals surface area contributed by atoms with Gasteiger partial charge in [-0.25, -0.2) is 0 Å². The molecule has 2 rings (SSSR count). The maximum absolute atomic E-state index is 6.02. The summed E-state index contributed by atoms with van der Waals surface area (Å²) in [5.74, 6) is 0. The average Bonchev–Trinajstić information content (AvgIpc) is 2.89. The number of aryl methyl sites for hydroxylation is 2. The van der Waals surface area contributed by atoms with E-state index in [1.165, 1.54) is 16.1 Å². The first-order valence-electron chi connectivity index (χ1n) is 6.98. The molecule has 1 atom stereocenters. The zero-order valence-electron chi connectivity index (χ0n) is 12.5. The maximum Gasteiger partial charge on any atom is 0.0931 e. The van der Waals surface area contributed by atoms with Crippen molar-refractivity contribution in [3.05, 3.63) is 38.3 Å². The first-order chi connectivity index (χ1) is 9.51. The first kappa shape index (κ1) is 15.5. The highest BCUT2D eigenvalue weighted by Crippen LogP contribution is 2.24. The third-order valence-corrected chi connectivity index (χ3v) is 4.93. The maximum atomic E-state index is 6.02. The second-order valence-electron chi connectivity index (χ2n) is 5.14. The highest BCUT2D eigenvalue weighted by molar-refractivity contribution is 7.16. The van der Waals surface area contributed by atoms with Crippen LogP contribution >= 0.6 is 22.9 Å². The minimum Gasteiger partial charge on any atom is -0.314 e. The van der Waals surface area contributed by atoms with Gasteiger partial charge in [0.1, 0.15) is 0 Å². The van der Waals surface area contributed by atoms with Crippen LogP contribution in [0.15, 0.2) is 12.1 Å². The van der Waals surface area contributed by atoms with E-state index in [2.05, 4.69) is 37.3 Å². The molecule has 0 fully saturated rings. The molecule has 110 valence electrons. The van der Waals surface area contributed by atoms with Gasteiger partial charge in [0, 0.05) is 23.7 Å². The fourth-order valence-corrected chi connectivity index (χ4v) is 3.74. The van der Waals surface area contributed by atoms with Gasteiger partial charge in [-0.3, -0.25) is 4.68 Å². The third-order valence-electron chi connectivity index (χ3n) is 3.68. The number of hydrogen-bond donors (Lipinski definition) is 1. The van der Waals surface area contributed by atoms with Crippen LogP contribution in [0, 0.1) is 13.8 Å². The van der Waals surface area contributed by atoms with E-state index in [9.17, 15) is 0 Å². The predicted octanol–water partition coefficient (Wildman–Crippen LogP) is 3.52. The van der Waals surface area contributed by atoms with Crippen LogP contribution in [0.1, 0.15) is 28.8 Å². The van der Waals surface area contributed by atoms with Gasteiger partial charge in [0.05, 0.1) is 10.0 Å².